The van der Waals surface area contributed by atoms with Gasteiger partial charge in [-0.25, -0.2) is 0 Å². The number of ether oxygens (including phenoxy) is 1. The Labute approximate surface area is 159 Å². The molecule has 0 aromatic heterocycles. The topological polar surface area (TPSA) is 43.4 Å². The van der Waals surface area contributed by atoms with Crippen molar-refractivity contribution < 1.29 is 14.3 Å². The summed E-state index contributed by atoms with van der Waals surface area (Å²) in [7, 11) is 1.49. The second-order valence-electron chi connectivity index (χ2n) is 9.38. The Balaban J connectivity index is 1.34. The molecule has 3 fully saturated rings. The minimum atomic E-state index is -0.0485. The molecule has 0 aromatic carbocycles. The number of carbonyl (C=O) groups is 2. The molecule has 3 aliphatic rings. The molecule has 3 nitrogen and oxygen atoms in total. The predicted molar refractivity (Wildman–Crippen MR) is 104 cm³/mol. The van der Waals surface area contributed by atoms with Crippen molar-refractivity contribution in [3.8, 4) is 0 Å². The van der Waals surface area contributed by atoms with Crippen LogP contribution in [-0.4, -0.2) is 19.4 Å². The van der Waals surface area contributed by atoms with Crippen molar-refractivity contribution in [3.05, 3.63) is 0 Å². The zero-order valence-corrected chi connectivity index (χ0v) is 16.7. The summed E-state index contributed by atoms with van der Waals surface area (Å²) in [5.41, 5.74) is 0. The molecule has 0 unspecified atom stereocenters. The summed E-state index contributed by atoms with van der Waals surface area (Å²) in [5, 5.41) is 0. The summed E-state index contributed by atoms with van der Waals surface area (Å²) in [4.78, 5) is 22.3. The summed E-state index contributed by atoms with van der Waals surface area (Å²) in [6.45, 7) is 0. The molecule has 0 atom stereocenters. The van der Waals surface area contributed by atoms with E-state index < -0.39 is 0 Å². The molecule has 0 spiro atoms. The minimum absolute atomic E-state index is 0.0485. The van der Waals surface area contributed by atoms with Gasteiger partial charge in [-0.2, -0.15) is 0 Å². The maximum atomic E-state index is 11.3. The number of esters is 1. The summed E-state index contributed by atoms with van der Waals surface area (Å²) in [6, 6.07) is 0. The van der Waals surface area contributed by atoms with E-state index in [9.17, 15) is 9.59 Å². The molecule has 3 aliphatic carbocycles. The molecule has 148 valence electrons. The molecular weight excluding hydrogens is 324 g/mol. The molecule has 3 heteroatoms. The van der Waals surface area contributed by atoms with Crippen LogP contribution >= 0.6 is 0 Å². The van der Waals surface area contributed by atoms with Crippen LogP contribution in [0.15, 0.2) is 0 Å². The van der Waals surface area contributed by atoms with Gasteiger partial charge in [-0.15, -0.1) is 0 Å². The van der Waals surface area contributed by atoms with Gasteiger partial charge in [0.15, 0.2) is 0 Å². The Morgan fingerprint density at radius 1 is 0.769 bits per heavy atom. The number of methoxy groups -OCH3 is 1. The van der Waals surface area contributed by atoms with Crippen molar-refractivity contribution in [2.75, 3.05) is 7.11 Å². The van der Waals surface area contributed by atoms with Gasteiger partial charge in [0.05, 0.1) is 7.11 Å². The van der Waals surface area contributed by atoms with Gasteiger partial charge >= 0.3 is 5.97 Å². The lowest BCUT2D eigenvalue weighted by Gasteiger charge is -2.41. The highest BCUT2D eigenvalue weighted by Crippen LogP contribution is 2.46. The van der Waals surface area contributed by atoms with Gasteiger partial charge in [0.2, 0.25) is 0 Å². The van der Waals surface area contributed by atoms with E-state index in [2.05, 4.69) is 0 Å². The number of hydrogen-bond acceptors (Lipinski definition) is 3. The SMILES string of the molecule is COC(=O)CC[C@H]1CC[C@H]([C@H]2CC[C@H]([C@H]3CC[C@H](C=O)CC3)CC2)CC1. The lowest BCUT2D eigenvalue weighted by Crippen LogP contribution is -2.30. The molecule has 0 aromatic rings. The highest BCUT2D eigenvalue weighted by Gasteiger charge is 2.34. The number of hydrogen-bond donors (Lipinski definition) is 0. The molecule has 0 bridgehead atoms. The molecule has 3 saturated carbocycles. The van der Waals surface area contributed by atoms with E-state index in [1.54, 1.807) is 0 Å². The van der Waals surface area contributed by atoms with Crippen molar-refractivity contribution >= 4 is 12.3 Å². The third kappa shape index (κ3) is 5.33. The summed E-state index contributed by atoms with van der Waals surface area (Å²) >= 11 is 0. The van der Waals surface area contributed by atoms with Gasteiger partial charge in [-0.3, -0.25) is 4.79 Å². The van der Waals surface area contributed by atoms with Gasteiger partial charge in [0.1, 0.15) is 6.29 Å². The molecule has 26 heavy (non-hydrogen) atoms. The van der Waals surface area contributed by atoms with Gasteiger partial charge in [0.25, 0.3) is 0 Å². The Morgan fingerprint density at radius 3 is 1.62 bits per heavy atom. The summed E-state index contributed by atoms with van der Waals surface area (Å²) in [5.74, 6) is 4.80. The van der Waals surface area contributed by atoms with Crippen LogP contribution < -0.4 is 0 Å². The van der Waals surface area contributed by atoms with E-state index in [1.165, 1.54) is 77.6 Å². The fraction of sp³-hybridized carbons (Fsp3) is 0.913. The lowest BCUT2D eigenvalue weighted by atomic mass is 9.65. The Kier molecular flexibility index (Phi) is 7.57. The summed E-state index contributed by atoms with van der Waals surface area (Å²) in [6.07, 6.45) is 18.8. The van der Waals surface area contributed by atoms with Gasteiger partial charge in [0, 0.05) is 12.3 Å². The van der Waals surface area contributed by atoms with Crippen molar-refractivity contribution in [1.82, 2.24) is 0 Å². The standard InChI is InChI=1S/C23H38O3/c1-26-23(25)15-6-17-2-7-19(8-3-17)21-11-13-22(14-12-21)20-9-4-18(16-24)5-10-20/h16-22H,2-15H2,1H3/t17-,18-,19-,20-,21-,22-. The van der Waals surface area contributed by atoms with Crippen molar-refractivity contribution in [2.45, 2.75) is 89.9 Å². The molecular formula is C23H38O3. The third-order valence-corrected chi connectivity index (χ3v) is 8.03. The largest absolute Gasteiger partial charge is 0.469 e. The quantitative estimate of drug-likeness (QED) is 0.459. The van der Waals surface area contributed by atoms with Gasteiger partial charge in [-0.1, -0.05) is 12.8 Å². The Hall–Kier alpha value is -0.860. The number of carbonyl (C=O) groups excluding carboxylic acids is 2. The molecule has 0 N–H and O–H groups in total. The normalized spacial score (nSPS) is 38.5. The van der Waals surface area contributed by atoms with Crippen molar-refractivity contribution in [1.29, 1.82) is 0 Å². The first-order valence-corrected chi connectivity index (χ1v) is 11.2. The molecule has 3 rings (SSSR count). The average molecular weight is 363 g/mol. The fourth-order valence-electron chi connectivity index (χ4n) is 6.21. The minimum Gasteiger partial charge on any atom is -0.469 e. The highest BCUT2D eigenvalue weighted by atomic mass is 16.5. The summed E-state index contributed by atoms with van der Waals surface area (Å²) < 4.78 is 4.77. The molecule has 0 saturated heterocycles. The van der Waals surface area contributed by atoms with Crippen LogP contribution in [0, 0.1) is 35.5 Å². The van der Waals surface area contributed by atoms with E-state index in [1.807, 2.05) is 0 Å². The highest BCUT2D eigenvalue weighted by molar-refractivity contribution is 5.69. The monoisotopic (exact) mass is 362 g/mol. The van der Waals surface area contributed by atoms with Crippen LogP contribution in [-0.2, 0) is 14.3 Å². The van der Waals surface area contributed by atoms with Gasteiger partial charge in [-0.05, 0) is 100 Å². The molecule has 0 amide bonds. The van der Waals surface area contributed by atoms with E-state index in [-0.39, 0.29) is 5.97 Å². The van der Waals surface area contributed by atoms with Crippen LogP contribution in [0.3, 0.4) is 0 Å². The zero-order valence-electron chi connectivity index (χ0n) is 16.7. The van der Waals surface area contributed by atoms with Crippen LogP contribution in [0.5, 0.6) is 0 Å². The Bertz CT molecular complexity index is 436. The first-order valence-electron chi connectivity index (χ1n) is 11.2. The van der Waals surface area contributed by atoms with E-state index in [0.29, 0.717) is 12.3 Å². The van der Waals surface area contributed by atoms with Gasteiger partial charge < -0.3 is 9.53 Å². The maximum Gasteiger partial charge on any atom is 0.305 e. The van der Waals surface area contributed by atoms with E-state index >= 15 is 0 Å². The number of aldehydes is 1. The first kappa shape index (κ1) is 19.9. The van der Waals surface area contributed by atoms with Crippen LogP contribution in [0.4, 0.5) is 0 Å². The zero-order chi connectivity index (χ0) is 18.4. The second-order valence-corrected chi connectivity index (χ2v) is 9.38. The molecule has 0 radical (unpaired) electrons. The predicted octanol–water partition coefficient (Wildman–Crippen LogP) is 5.56. The average Bonchev–Trinajstić information content (AvgIpc) is 2.72. The third-order valence-electron chi connectivity index (χ3n) is 8.03. The van der Waals surface area contributed by atoms with E-state index in [0.717, 1.165) is 48.9 Å². The van der Waals surface area contributed by atoms with Crippen LogP contribution in [0.2, 0.25) is 0 Å². The van der Waals surface area contributed by atoms with Crippen LogP contribution in [0.25, 0.3) is 0 Å². The Morgan fingerprint density at radius 2 is 1.19 bits per heavy atom. The van der Waals surface area contributed by atoms with E-state index in [4.69, 9.17) is 4.74 Å². The fourth-order valence-corrected chi connectivity index (χ4v) is 6.21. The molecule has 0 aliphatic heterocycles. The van der Waals surface area contributed by atoms with Crippen molar-refractivity contribution in [2.24, 2.45) is 35.5 Å². The van der Waals surface area contributed by atoms with Crippen molar-refractivity contribution in [3.63, 3.8) is 0 Å². The maximum absolute atomic E-state index is 11.3. The first-order chi connectivity index (χ1) is 12.7. The smallest absolute Gasteiger partial charge is 0.305 e. The van der Waals surface area contributed by atoms with Crippen LogP contribution in [0.1, 0.15) is 89.9 Å². The number of rotatable bonds is 6. The second kappa shape index (κ2) is 9.90. The lowest BCUT2D eigenvalue weighted by molar-refractivity contribution is -0.141. The molecule has 0 heterocycles.